The van der Waals surface area contributed by atoms with E-state index in [2.05, 4.69) is 0 Å². The van der Waals surface area contributed by atoms with Gasteiger partial charge in [-0.15, -0.1) is 0 Å². The average Bonchev–Trinajstić information content (AvgIpc) is 1.83. The fourth-order valence-electron chi connectivity index (χ4n) is 0.450. The molecule has 0 radical (unpaired) electrons. The van der Waals surface area contributed by atoms with Gasteiger partial charge in [-0.05, 0) is 17.7 Å². The lowest BCUT2D eigenvalue weighted by Gasteiger charge is -1.86. The van der Waals surface area contributed by atoms with Gasteiger partial charge in [0.2, 0.25) is 0 Å². The Morgan fingerprint density at radius 2 is 2.22 bits per heavy atom. The minimum Gasteiger partial charge on any atom is -0.282 e. The smallest absolute Gasteiger partial charge is 0.282 e. The van der Waals surface area contributed by atoms with Crippen molar-refractivity contribution in [2.45, 2.75) is 0 Å². The fourth-order valence-corrected chi connectivity index (χ4v) is 1.22. The van der Waals surface area contributed by atoms with Crippen molar-refractivity contribution in [2.24, 2.45) is 0 Å². The van der Waals surface area contributed by atoms with E-state index in [1.54, 1.807) is 18.2 Å². The van der Waals surface area contributed by atoms with Crippen LogP contribution in [0.2, 0.25) is 5.15 Å². The van der Waals surface area contributed by atoms with Gasteiger partial charge in [0, 0.05) is 39.5 Å². The van der Waals surface area contributed by atoms with Gasteiger partial charge in [0.25, 0.3) is 3.70 Å². The Kier molecular flexibility index (Phi) is 2.13. The molecule has 0 amide bonds. The molecule has 0 fully saturated rings. The summed E-state index contributed by atoms with van der Waals surface area (Å²) in [7, 11) is 0. The number of rotatable bonds is 0. The molecule has 0 bridgehead atoms. The van der Waals surface area contributed by atoms with Crippen molar-refractivity contribution in [3.8, 4) is 0 Å². The van der Waals surface area contributed by atoms with Crippen LogP contribution in [-0.4, -0.2) is 5.21 Å². The van der Waals surface area contributed by atoms with Crippen molar-refractivity contribution in [1.29, 1.82) is 0 Å². The molecule has 0 aromatic carbocycles. The van der Waals surface area contributed by atoms with E-state index in [0.29, 0.717) is 8.85 Å². The molecule has 0 spiro atoms. The third-order valence-electron chi connectivity index (χ3n) is 0.872. The molecule has 0 saturated carbocycles. The molecule has 0 saturated heterocycles. The van der Waals surface area contributed by atoms with Crippen molar-refractivity contribution in [3.05, 3.63) is 27.1 Å². The van der Waals surface area contributed by atoms with Gasteiger partial charge in [0.1, 0.15) is 0 Å². The lowest BCUT2D eigenvalue weighted by Crippen LogP contribution is -2.34. The third-order valence-corrected chi connectivity index (χ3v) is 1.97. The van der Waals surface area contributed by atoms with Crippen molar-refractivity contribution in [2.75, 3.05) is 0 Å². The van der Waals surface area contributed by atoms with Crippen LogP contribution >= 0.6 is 34.2 Å². The predicted molar refractivity (Wildman–Crippen MR) is 41.5 cm³/mol. The summed E-state index contributed by atoms with van der Waals surface area (Å²) in [6, 6.07) is 5.15. The number of hydrogen-bond acceptors (Lipinski definition) is 1. The Hall–Kier alpha value is -0.0300. The van der Waals surface area contributed by atoms with E-state index in [-0.39, 0.29) is 0 Å². The molecule has 48 valence electrons. The Bertz CT molecular complexity index is 208. The molecule has 0 aliphatic rings. The van der Waals surface area contributed by atoms with Gasteiger partial charge in [-0.2, -0.15) is 0 Å². The van der Waals surface area contributed by atoms with E-state index >= 15 is 0 Å². The molecular formula is C5H4ClINO+. The molecule has 0 atom stereocenters. The average molecular weight is 256 g/mol. The maximum Gasteiger partial charge on any atom is 0.326 e. The van der Waals surface area contributed by atoms with Crippen LogP contribution in [0, 0.1) is 3.70 Å². The van der Waals surface area contributed by atoms with E-state index in [4.69, 9.17) is 16.8 Å². The first-order valence-corrected chi connectivity index (χ1v) is 3.73. The molecule has 4 heteroatoms. The van der Waals surface area contributed by atoms with Crippen molar-refractivity contribution >= 4 is 34.2 Å². The third kappa shape index (κ3) is 1.46. The normalized spacial score (nSPS) is 9.56. The number of halogens is 2. The zero-order valence-electron chi connectivity index (χ0n) is 4.38. The van der Waals surface area contributed by atoms with Gasteiger partial charge in [-0.1, -0.05) is 0 Å². The van der Waals surface area contributed by atoms with Crippen LogP contribution in [0.3, 0.4) is 0 Å². The molecular weight excluding hydrogens is 252 g/mol. The van der Waals surface area contributed by atoms with E-state index in [1.165, 1.54) is 0 Å². The molecule has 1 rings (SSSR count). The second-order valence-corrected chi connectivity index (χ2v) is 2.98. The Balaban J connectivity index is 3.25. The molecule has 0 unspecified atom stereocenters. The molecule has 1 N–H and O–H groups in total. The van der Waals surface area contributed by atoms with Gasteiger partial charge in [-0.3, -0.25) is 5.21 Å². The monoisotopic (exact) mass is 256 g/mol. The molecule has 1 aromatic rings. The van der Waals surface area contributed by atoms with Crippen LogP contribution in [0.4, 0.5) is 0 Å². The maximum atomic E-state index is 8.98. The summed E-state index contributed by atoms with van der Waals surface area (Å²) in [6.45, 7) is 0. The Morgan fingerprint density at radius 1 is 1.56 bits per heavy atom. The number of nitrogens with zero attached hydrogens (tertiary/aromatic N) is 1. The first kappa shape index (κ1) is 7.08. The molecule has 0 aliphatic heterocycles. The quantitative estimate of drug-likeness (QED) is 0.323. The van der Waals surface area contributed by atoms with Crippen LogP contribution < -0.4 is 4.73 Å². The Morgan fingerprint density at radius 3 is 2.67 bits per heavy atom. The summed E-state index contributed by atoms with van der Waals surface area (Å²) in [4.78, 5) is 0. The molecule has 1 aromatic heterocycles. The lowest BCUT2D eigenvalue weighted by atomic mass is 10.5. The summed E-state index contributed by atoms with van der Waals surface area (Å²) in [5, 5.41) is 9.30. The highest BCUT2D eigenvalue weighted by Gasteiger charge is 2.09. The second kappa shape index (κ2) is 2.70. The van der Waals surface area contributed by atoms with Crippen molar-refractivity contribution < 1.29 is 9.94 Å². The van der Waals surface area contributed by atoms with E-state index in [0.717, 1.165) is 4.73 Å². The van der Waals surface area contributed by atoms with Crippen LogP contribution in [0.25, 0.3) is 0 Å². The predicted octanol–water partition coefficient (Wildman–Crippen LogP) is 1.47. The van der Waals surface area contributed by atoms with Crippen molar-refractivity contribution in [3.63, 3.8) is 0 Å². The largest absolute Gasteiger partial charge is 0.326 e. The van der Waals surface area contributed by atoms with Gasteiger partial charge >= 0.3 is 5.15 Å². The zero-order chi connectivity index (χ0) is 6.85. The van der Waals surface area contributed by atoms with E-state index < -0.39 is 0 Å². The minimum absolute atomic E-state index is 0.321. The van der Waals surface area contributed by atoms with Crippen LogP contribution in [0.1, 0.15) is 0 Å². The highest BCUT2D eigenvalue weighted by atomic mass is 127. The summed E-state index contributed by atoms with van der Waals surface area (Å²) >= 11 is 7.50. The second-order valence-electron chi connectivity index (χ2n) is 1.48. The number of pyridine rings is 1. The maximum absolute atomic E-state index is 8.98. The van der Waals surface area contributed by atoms with Crippen molar-refractivity contribution in [1.82, 2.24) is 0 Å². The summed E-state index contributed by atoms with van der Waals surface area (Å²) in [5.41, 5.74) is 0. The first-order valence-electron chi connectivity index (χ1n) is 2.27. The molecule has 2 nitrogen and oxygen atoms in total. The molecule has 9 heavy (non-hydrogen) atoms. The van der Waals surface area contributed by atoms with E-state index in [9.17, 15) is 0 Å². The summed E-state index contributed by atoms with van der Waals surface area (Å²) < 4.78 is 1.61. The summed E-state index contributed by atoms with van der Waals surface area (Å²) in [5.74, 6) is 0. The highest BCUT2D eigenvalue weighted by Crippen LogP contribution is 2.02. The van der Waals surface area contributed by atoms with Gasteiger partial charge in [0.05, 0.1) is 0 Å². The Labute approximate surface area is 71.2 Å². The highest BCUT2D eigenvalue weighted by molar-refractivity contribution is 14.1. The SMILES string of the molecule is O[n+]1c(Cl)cccc1I. The lowest BCUT2D eigenvalue weighted by molar-refractivity contribution is -0.912. The number of hydrogen-bond donors (Lipinski definition) is 1. The topological polar surface area (TPSA) is 24.1 Å². The van der Waals surface area contributed by atoms with Gasteiger partial charge in [-0.25, -0.2) is 0 Å². The zero-order valence-corrected chi connectivity index (χ0v) is 7.30. The van der Waals surface area contributed by atoms with E-state index in [1.807, 2.05) is 22.6 Å². The van der Waals surface area contributed by atoms with Gasteiger partial charge in [0.15, 0.2) is 0 Å². The molecule has 1 heterocycles. The standard InChI is InChI=1S/C5H4ClINO/c6-4-2-1-3-5(7)8(4)9/h1-3,9H/q+1. The van der Waals surface area contributed by atoms with Crippen LogP contribution in [0.5, 0.6) is 0 Å². The number of aromatic nitrogens is 1. The van der Waals surface area contributed by atoms with Crippen LogP contribution in [-0.2, 0) is 0 Å². The van der Waals surface area contributed by atoms with Gasteiger partial charge < -0.3 is 0 Å². The molecule has 0 aliphatic carbocycles. The minimum atomic E-state index is 0.321. The first-order chi connectivity index (χ1) is 4.22. The summed E-state index contributed by atoms with van der Waals surface area (Å²) in [6.07, 6.45) is 0. The fraction of sp³-hybridized carbons (Fsp3) is 0. The van der Waals surface area contributed by atoms with Crippen LogP contribution in [0.15, 0.2) is 18.2 Å².